The molecule has 0 aromatic carbocycles. The fraction of sp³-hybridized carbons (Fsp3) is 0.741. The lowest BCUT2D eigenvalue weighted by atomic mass is 9.49. The molecule has 31 heavy (non-hydrogen) atoms. The molecule has 3 fully saturated rings. The highest BCUT2D eigenvalue weighted by Crippen LogP contribution is 2.68. The first-order valence-corrected chi connectivity index (χ1v) is 12.4. The first-order valence-electron chi connectivity index (χ1n) is 12.4. The van der Waals surface area contributed by atoms with E-state index in [1.165, 1.54) is 5.57 Å². The number of rotatable bonds is 6. The molecule has 0 heterocycles. The van der Waals surface area contributed by atoms with E-state index in [1.807, 2.05) is 6.08 Å². The third-order valence-corrected chi connectivity index (χ3v) is 9.30. The minimum Gasteiger partial charge on any atom is -0.446 e. The molecule has 4 nitrogen and oxygen atoms in total. The Labute approximate surface area is 186 Å². The molecule has 4 heteroatoms. The minimum absolute atomic E-state index is 0.0511. The third-order valence-electron chi connectivity index (χ3n) is 9.30. The Morgan fingerprint density at radius 2 is 1.94 bits per heavy atom. The number of Topliss-reactive ketones (excluding diaryl/α,β-unsaturated/α-hetero) is 1. The second-order valence-corrected chi connectivity index (χ2v) is 10.5. The summed E-state index contributed by atoms with van der Waals surface area (Å²) >= 11 is 0. The van der Waals surface area contributed by atoms with Crippen molar-refractivity contribution < 1.29 is 19.1 Å². The van der Waals surface area contributed by atoms with Crippen molar-refractivity contribution in [2.45, 2.75) is 97.0 Å². The van der Waals surface area contributed by atoms with Crippen molar-refractivity contribution in [2.75, 3.05) is 0 Å². The Hall–Kier alpha value is -1.71. The maximum Gasteiger partial charge on any atom is 0.307 e. The Balaban J connectivity index is 1.69. The zero-order chi connectivity index (χ0) is 22.4. The molecule has 0 aromatic heterocycles. The average Bonchev–Trinajstić information content (AvgIpc) is 3.01. The molecule has 0 aromatic rings. The average molecular weight is 427 g/mol. The van der Waals surface area contributed by atoms with Crippen molar-refractivity contribution >= 4 is 17.5 Å². The molecule has 0 aliphatic heterocycles. The van der Waals surface area contributed by atoms with Crippen LogP contribution in [0.15, 0.2) is 23.8 Å². The fourth-order valence-corrected chi connectivity index (χ4v) is 8.02. The predicted octanol–water partition coefficient (Wildman–Crippen LogP) is 5.75. The van der Waals surface area contributed by atoms with Crippen molar-refractivity contribution in [3.63, 3.8) is 0 Å². The van der Waals surface area contributed by atoms with Gasteiger partial charge in [-0.25, -0.2) is 0 Å². The first kappa shape index (κ1) is 22.5. The molecule has 0 unspecified atom stereocenters. The predicted molar refractivity (Wildman–Crippen MR) is 120 cm³/mol. The number of allylic oxidation sites excluding steroid dienone is 1. The topological polar surface area (TPSA) is 60.4 Å². The van der Waals surface area contributed by atoms with Gasteiger partial charge in [0.15, 0.2) is 17.2 Å². The van der Waals surface area contributed by atoms with Crippen LogP contribution in [0, 0.1) is 29.1 Å². The molecular formula is C27H38O4. The highest BCUT2D eigenvalue weighted by Gasteiger charge is 2.69. The molecule has 4 aliphatic rings. The van der Waals surface area contributed by atoms with E-state index in [0.29, 0.717) is 36.5 Å². The van der Waals surface area contributed by atoms with E-state index in [-0.39, 0.29) is 23.0 Å². The Bertz CT molecular complexity index is 823. The molecule has 0 bridgehead atoms. The zero-order valence-electron chi connectivity index (χ0n) is 19.5. The number of hydrogen-bond acceptors (Lipinski definition) is 4. The molecule has 0 spiro atoms. The maximum atomic E-state index is 13.2. The van der Waals surface area contributed by atoms with Crippen molar-refractivity contribution in [3.8, 4) is 0 Å². The van der Waals surface area contributed by atoms with Gasteiger partial charge in [0.05, 0.1) is 0 Å². The molecule has 0 amide bonds. The summed E-state index contributed by atoms with van der Waals surface area (Å²) < 4.78 is 6.19. The van der Waals surface area contributed by atoms with Crippen LogP contribution < -0.4 is 0 Å². The number of ether oxygens (including phenoxy) is 1. The van der Waals surface area contributed by atoms with E-state index >= 15 is 0 Å². The van der Waals surface area contributed by atoms with Gasteiger partial charge in [0.2, 0.25) is 0 Å². The van der Waals surface area contributed by atoms with Crippen LogP contribution in [0.1, 0.15) is 91.4 Å². The number of fused-ring (bicyclic) bond motifs is 5. The van der Waals surface area contributed by atoms with Gasteiger partial charge in [-0.05, 0) is 93.6 Å². The number of carbonyl (C=O) groups is 3. The van der Waals surface area contributed by atoms with Crippen molar-refractivity contribution in [1.82, 2.24) is 0 Å². The Kier molecular flexibility index (Phi) is 6.04. The largest absolute Gasteiger partial charge is 0.446 e. The normalized spacial score (nSPS) is 39.3. The van der Waals surface area contributed by atoms with Gasteiger partial charge in [-0.2, -0.15) is 0 Å². The van der Waals surface area contributed by atoms with Gasteiger partial charge in [-0.3, -0.25) is 14.4 Å². The van der Waals surface area contributed by atoms with E-state index < -0.39 is 5.60 Å². The molecule has 170 valence electrons. The molecule has 0 N–H and O–H groups in total. The molecule has 3 saturated carbocycles. The van der Waals surface area contributed by atoms with E-state index in [2.05, 4.69) is 20.4 Å². The molecule has 0 radical (unpaired) electrons. The number of carbonyl (C=O) groups excluding carboxylic acids is 3. The van der Waals surface area contributed by atoms with Crippen LogP contribution in [0.4, 0.5) is 0 Å². The van der Waals surface area contributed by atoms with Crippen LogP contribution in [0.5, 0.6) is 0 Å². The fourth-order valence-electron chi connectivity index (χ4n) is 8.02. The van der Waals surface area contributed by atoms with Gasteiger partial charge in [-0.1, -0.05) is 32.4 Å². The molecule has 4 rings (SSSR count). The lowest BCUT2D eigenvalue weighted by molar-refractivity contribution is -0.185. The van der Waals surface area contributed by atoms with Crippen molar-refractivity contribution in [2.24, 2.45) is 29.1 Å². The van der Waals surface area contributed by atoms with Crippen LogP contribution in [-0.4, -0.2) is 23.1 Å². The number of hydrogen-bond donors (Lipinski definition) is 0. The molecule has 4 aliphatic carbocycles. The maximum absolute atomic E-state index is 13.2. The van der Waals surface area contributed by atoms with E-state index in [1.54, 1.807) is 6.92 Å². The highest BCUT2D eigenvalue weighted by molar-refractivity contribution is 5.93. The number of esters is 1. The van der Waals surface area contributed by atoms with Crippen LogP contribution in [-0.2, 0) is 19.1 Å². The van der Waals surface area contributed by atoms with Gasteiger partial charge in [-0.15, -0.1) is 0 Å². The van der Waals surface area contributed by atoms with Crippen molar-refractivity contribution in [3.05, 3.63) is 23.8 Å². The van der Waals surface area contributed by atoms with E-state index in [4.69, 9.17) is 4.74 Å². The summed E-state index contributed by atoms with van der Waals surface area (Å²) in [4.78, 5) is 38.0. The minimum atomic E-state index is -1.17. The SMILES string of the molecule is C=C1C[C@H]2[C@@H]3CCC4=CC(=O)CC[C@@H]4[C@H]3CC[C@]2(CC)[C@]1(OC(=O)CCCC)C(C)=O. The zero-order valence-corrected chi connectivity index (χ0v) is 19.5. The Morgan fingerprint density at radius 3 is 2.61 bits per heavy atom. The van der Waals surface area contributed by atoms with E-state index in [9.17, 15) is 14.4 Å². The van der Waals surface area contributed by atoms with E-state index in [0.717, 1.165) is 63.4 Å². The molecule has 0 saturated heterocycles. The highest BCUT2D eigenvalue weighted by atomic mass is 16.6. The smallest absolute Gasteiger partial charge is 0.307 e. The monoisotopic (exact) mass is 426 g/mol. The summed E-state index contributed by atoms with van der Waals surface area (Å²) in [6.45, 7) is 10.2. The van der Waals surface area contributed by atoms with Gasteiger partial charge in [0.1, 0.15) is 0 Å². The second kappa shape index (κ2) is 8.33. The third kappa shape index (κ3) is 3.27. The summed E-state index contributed by atoms with van der Waals surface area (Å²) in [5.74, 6) is 1.90. The standard InChI is InChI=1S/C27H38O4/c1-5-7-8-25(30)31-27(18(4)28)17(3)15-24-23-11-9-19-16-20(29)10-12-21(19)22(23)13-14-26(24,27)6-2/h16,21-24H,3,5-15H2,1-2,4H3/t21-,22+,23+,24-,26-,27+/m0/s1. The van der Waals surface area contributed by atoms with Gasteiger partial charge >= 0.3 is 5.97 Å². The lowest BCUT2D eigenvalue weighted by Crippen LogP contribution is -2.59. The summed E-state index contributed by atoms with van der Waals surface area (Å²) in [7, 11) is 0. The van der Waals surface area contributed by atoms with Crippen LogP contribution in [0.2, 0.25) is 0 Å². The second-order valence-electron chi connectivity index (χ2n) is 10.5. The molecular weight excluding hydrogens is 388 g/mol. The Morgan fingerprint density at radius 1 is 1.16 bits per heavy atom. The number of ketones is 2. The first-order chi connectivity index (χ1) is 14.8. The van der Waals surface area contributed by atoms with Crippen LogP contribution in [0.3, 0.4) is 0 Å². The van der Waals surface area contributed by atoms with Gasteiger partial charge in [0, 0.05) is 18.3 Å². The van der Waals surface area contributed by atoms with Gasteiger partial charge in [0.25, 0.3) is 0 Å². The van der Waals surface area contributed by atoms with Crippen LogP contribution >= 0.6 is 0 Å². The van der Waals surface area contributed by atoms with Crippen LogP contribution in [0.25, 0.3) is 0 Å². The molecule has 6 atom stereocenters. The summed E-state index contributed by atoms with van der Waals surface area (Å²) in [5.41, 5.74) is 0.672. The summed E-state index contributed by atoms with van der Waals surface area (Å²) in [5, 5.41) is 0. The lowest BCUT2D eigenvalue weighted by Gasteiger charge is -2.56. The van der Waals surface area contributed by atoms with Crippen molar-refractivity contribution in [1.29, 1.82) is 0 Å². The summed E-state index contributed by atoms with van der Waals surface area (Å²) in [6, 6.07) is 0. The quantitative estimate of drug-likeness (QED) is 0.401. The number of unbranched alkanes of at least 4 members (excludes halogenated alkanes) is 1. The van der Waals surface area contributed by atoms with Gasteiger partial charge < -0.3 is 4.74 Å². The summed E-state index contributed by atoms with van der Waals surface area (Å²) in [6.07, 6.45) is 11.2.